The van der Waals surface area contributed by atoms with Gasteiger partial charge >= 0.3 is 0 Å². The van der Waals surface area contributed by atoms with Crippen molar-refractivity contribution in [1.82, 2.24) is 9.55 Å². The summed E-state index contributed by atoms with van der Waals surface area (Å²) in [6.45, 7) is 0.771. The van der Waals surface area contributed by atoms with Crippen molar-refractivity contribution >= 4 is 22.6 Å². The maximum Gasteiger partial charge on any atom is 0.118 e. The van der Waals surface area contributed by atoms with Crippen molar-refractivity contribution in [2.45, 2.75) is 13.0 Å². The first-order valence-corrected chi connectivity index (χ1v) is 8.92. The van der Waals surface area contributed by atoms with Gasteiger partial charge in [0.15, 0.2) is 0 Å². The topological polar surface area (TPSA) is 27.1 Å². The van der Waals surface area contributed by atoms with E-state index in [1.165, 1.54) is 11.1 Å². The van der Waals surface area contributed by atoms with Gasteiger partial charge in [0.1, 0.15) is 11.6 Å². The van der Waals surface area contributed by atoms with Crippen molar-refractivity contribution in [3.05, 3.63) is 94.8 Å². The summed E-state index contributed by atoms with van der Waals surface area (Å²) in [6.07, 6.45) is 0.766. The average Bonchev–Trinajstić information content (AvgIpc) is 3.01. The maximum atomic E-state index is 6.01. The largest absolute Gasteiger partial charge is 0.497 e. The van der Waals surface area contributed by atoms with Crippen LogP contribution in [-0.2, 0) is 13.0 Å². The molecule has 1 aromatic heterocycles. The molecular formula is C22H19ClN2O. The Balaban J connectivity index is 1.72. The zero-order chi connectivity index (χ0) is 17.9. The highest BCUT2D eigenvalue weighted by atomic mass is 35.5. The zero-order valence-electron chi connectivity index (χ0n) is 14.5. The van der Waals surface area contributed by atoms with Crippen LogP contribution in [0.3, 0.4) is 0 Å². The van der Waals surface area contributed by atoms with Crippen molar-refractivity contribution in [3.8, 4) is 5.75 Å². The Kier molecular flexibility index (Phi) is 4.63. The summed E-state index contributed by atoms with van der Waals surface area (Å²) in [7, 11) is 1.68. The number of halogens is 1. The molecule has 0 N–H and O–H groups in total. The van der Waals surface area contributed by atoms with E-state index in [-0.39, 0.29) is 0 Å². The van der Waals surface area contributed by atoms with Gasteiger partial charge in [0.05, 0.1) is 18.1 Å². The maximum absolute atomic E-state index is 6.01. The molecule has 0 fully saturated rings. The van der Waals surface area contributed by atoms with E-state index in [2.05, 4.69) is 47.0 Å². The van der Waals surface area contributed by atoms with Crippen LogP contribution in [0, 0.1) is 0 Å². The number of hydrogen-bond acceptors (Lipinski definition) is 2. The van der Waals surface area contributed by atoms with Gasteiger partial charge in [-0.25, -0.2) is 4.98 Å². The average molecular weight is 363 g/mol. The first-order chi connectivity index (χ1) is 12.7. The number of fused-ring (bicyclic) bond motifs is 1. The Hall–Kier alpha value is -2.78. The van der Waals surface area contributed by atoms with Gasteiger partial charge in [-0.2, -0.15) is 0 Å². The quantitative estimate of drug-likeness (QED) is 0.479. The summed E-state index contributed by atoms with van der Waals surface area (Å²) < 4.78 is 7.54. The number of nitrogens with zero attached hydrogens (tertiary/aromatic N) is 2. The minimum atomic E-state index is 0.750. The van der Waals surface area contributed by atoms with E-state index in [1.807, 2.05) is 30.3 Å². The second kappa shape index (κ2) is 7.22. The predicted molar refractivity (Wildman–Crippen MR) is 106 cm³/mol. The number of aromatic nitrogens is 2. The number of hydrogen-bond donors (Lipinski definition) is 0. The molecule has 26 heavy (non-hydrogen) atoms. The van der Waals surface area contributed by atoms with E-state index in [0.717, 1.165) is 40.6 Å². The Bertz CT molecular complexity index is 1020. The van der Waals surface area contributed by atoms with Crippen molar-refractivity contribution in [2.75, 3.05) is 7.11 Å². The molecule has 0 radical (unpaired) electrons. The lowest BCUT2D eigenvalue weighted by Crippen LogP contribution is -2.06. The van der Waals surface area contributed by atoms with Crippen molar-refractivity contribution in [2.24, 2.45) is 0 Å². The third-order valence-corrected chi connectivity index (χ3v) is 4.76. The molecule has 0 unspecified atom stereocenters. The second-order valence-corrected chi connectivity index (χ2v) is 6.69. The third-order valence-electron chi connectivity index (χ3n) is 4.51. The monoisotopic (exact) mass is 362 g/mol. The van der Waals surface area contributed by atoms with Gasteiger partial charge in [0, 0.05) is 18.0 Å². The van der Waals surface area contributed by atoms with Gasteiger partial charge in [-0.3, -0.25) is 0 Å². The first-order valence-electron chi connectivity index (χ1n) is 8.54. The predicted octanol–water partition coefficient (Wildman–Crippen LogP) is 5.34. The molecule has 4 rings (SSSR count). The van der Waals surface area contributed by atoms with Gasteiger partial charge in [-0.05, 0) is 47.5 Å². The Labute approximate surface area is 157 Å². The van der Waals surface area contributed by atoms with Crippen LogP contribution in [0.15, 0.2) is 72.8 Å². The van der Waals surface area contributed by atoms with E-state index in [1.54, 1.807) is 7.11 Å². The number of methoxy groups -OCH3 is 1. The molecule has 0 saturated heterocycles. The Morgan fingerprint density at radius 2 is 1.58 bits per heavy atom. The molecule has 4 aromatic rings. The van der Waals surface area contributed by atoms with Crippen LogP contribution in [0.4, 0.5) is 0 Å². The zero-order valence-corrected chi connectivity index (χ0v) is 15.3. The summed E-state index contributed by atoms with van der Waals surface area (Å²) in [6, 6.07) is 24.4. The Morgan fingerprint density at radius 1 is 0.885 bits per heavy atom. The molecule has 4 heteroatoms. The smallest absolute Gasteiger partial charge is 0.118 e. The fourth-order valence-electron chi connectivity index (χ4n) is 3.14. The molecule has 0 saturated carbocycles. The van der Waals surface area contributed by atoms with Gasteiger partial charge in [-0.1, -0.05) is 48.0 Å². The lowest BCUT2D eigenvalue weighted by atomic mass is 10.1. The van der Waals surface area contributed by atoms with Crippen LogP contribution >= 0.6 is 11.6 Å². The van der Waals surface area contributed by atoms with Crippen molar-refractivity contribution in [1.29, 1.82) is 0 Å². The molecule has 0 atom stereocenters. The summed E-state index contributed by atoms with van der Waals surface area (Å²) in [5, 5.41) is 0.750. The van der Waals surface area contributed by atoms with Crippen LogP contribution in [-0.4, -0.2) is 16.7 Å². The lowest BCUT2D eigenvalue weighted by Gasteiger charge is -2.10. The highest BCUT2D eigenvalue weighted by molar-refractivity contribution is 6.30. The minimum absolute atomic E-state index is 0.750. The molecule has 0 spiro atoms. The van der Waals surface area contributed by atoms with Gasteiger partial charge in [0.25, 0.3) is 0 Å². The highest BCUT2D eigenvalue weighted by Crippen LogP contribution is 2.22. The summed E-state index contributed by atoms with van der Waals surface area (Å²) in [5.41, 5.74) is 4.57. The Morgan fingerprint density at radius 3 is 2.31 bits per heavy atom. The van der Waals surface area contributed by atoms with E-state index in [9.17, 15) is 0 Å². The van der Waals surface area contributed by atoms with E-state index < -0.39 is 0 Å². The highest BCUT2D eigenvalue weighted by Gasteiger charge is 2.11. The lowest BCUT2D eigenvalue weighted by molar-refractivity contribution is 0.414. The number of imidazole rings is 1. The standard InChI is InChI=1S/C22H19ClN2O/c1-26-19-12-8-17(9-13-19)15-25-21-5-3-2-4-20(21)24-22(25)14-16-6-10-18(23)11-7-16/h2-13H,14-15H2,1H3. The molecule has 1 heterocycles. The minimum Gasteiger partial charge on any atom is -0.497 e. The molecule has 3 aromatic carbocycles. The van der Waals surface area contributed by atoms with E-state index >= 15 is 0 Å². The van der Waals surface area contributed by atoms with Gasteiger partial charge in [-0.15, -0.1) is 0 Å². The summed E-state index contributed by atoms with van der Waals surface area (Å²) >= 11 is 6.01. The van der Waals surface area contributed by atoms with Gasteiger partial charge < -0.3 is 9.30 Å². The molecule has 0 aliphatic rings. The molecule has 0 aliphatic carbocycles. The normalized spacial score (nSPS) is 11.0. The number of rotatable bonds is 5. The fraction of sp³-hybridized carbons (Fsp3) is 0.136. The van der Waals surface area contributed by atoms with Crippen LogP contribution in [0.2, 0.25) is 5.02 Å². The number of ether oxygens (including phenoxy) is 1. The van der Waals surface area contributed by atoms with Crippen LogP contribution < -0.4 is 4.74 Å². The van der Waals surface area contributed by atoms with E-state index in [4.69, 9.17) is 21.3 Å². The number of benzene rings is 3. The van der Waals surface area contributed by atoms with Crippen molar-refractivity contribution in [3.63, 3.8) is 0 Å². The third kappa shape index (κ3) is 3.44. The van der Waals surface area contributed by atoms with E-state index in [0.29, 0.717) is 0 Å². The SMILES string of the molecule is COc1ccc(Cn2c(Cc3ccc(Cl)cc3)nc3ccccc32)cc1. The van der Waals surface area contributed by atoms with Gasteiger partial charge in [0.2, 0.25) is 0 Å². The summed E-state index contributed by atoms with van der Waals surface area (Å²) in [5.74, 6) is 1.91. The molecule has 0 bridgehead atoms. The number of para-hydroxylation sites is 2. The fourth-order valence-corrected chi connectivity index (χ4v) is 3.26. The molecular weight excluding hydrogens is 344 g/mol. The molecule has 3 nitrogen and oxygen atoms in total. The van der Waals surface area contributed by atoms with Crippen molar-refractivity contribution < 1.29 is 4.74 Å². The molecule has 130 valence electrons. The van der Waals surface area contributed by atoms with Crippen LogP contribution in [0.1, 0.15) is 17.0 Å². The second-order valence-electron chi connectivity index (χ2n) is 6.25. The molecule has 0 aliphatic heterocycles. The van der Waals surface area contributed by atoms with Crippen LogP contribution in [0.25, 0.3) is 11.0 Å². The molecule has 0 amide bonds. The van der Waals surface area contributed by atoms with Crippen LogP contribution in [0.5, 0.6) is 5.75 Å². The summed E-state index contributed by atoms with van der Waals surface area (Å²) in [4.78, 5) is 4.87. The first kappa shape index (κ1) is 16.7.